The first-order valence-electron chi connectivity index (χ1n) is 7.93. The van der Waals surface area contributed by atoms with Gasteiger partial charge in [-0.15, -0.1) is 0 Å². The molecular formula is C18H14ClN5O. The van der Waals surface area contributed by atoms with E-state index in [0.29, 0.717) is 34.1 Å². The molecular weight excluding hydrogens is 338 g/mol. The van der Waals surface area contributed by atoms with Crippen molar-refractivity contribution in [3.63, 3.8) is 0 Å². The van der Waals surface area contributed by atoms with Crippen LogP contribution in [0.3, 0.4) is 0 Å². The molecule has 0 aliphatic heterocycles. The van der Waals surface area contributed by atoms with Crippen LogP contribution in [0.1, 0.15) is 29.9 Å². The Kier molecular flexibility index (Phi) is 3.66. The molecule has 3 aromatic heterocycles. The van der Waals surface area contributed by atoms with Gasteiger partial charge in [0, 0.05) is 25.0 Å². The average Bonchev–Trinajstić information content (AvgIpc) is 3.46. The number of hydrogen-bond acceptors (Lipinski definition) is 5. The van der Waals surface area contributed by atoms with E-state index in [-0.39, 0.29) is 10.7 Å². The Morgan fingerprint density at radius 1 is 1.44 bits per heavy atom. The van der Waals surface area contributed by atoms with E-state index >= 15 is 0 Å². The third kappa shape index (κ3) is 2.53. The van der Waals surface area contributed by atoms with Crippen molar-refractivity contribution >= 4 is 23.1 Å². The monoisotopic (exact) mass is 351 g/mol. The average molecular weight is 352 g/mol. The Bertz CT molecular complexity index is 1100. The van der Waals surface area contributed by atoms with E-state index in [4.69, 9.17) is 11.6 Å². The highest BCUT2D eigenvalue weighted by atomic mass is 35.5. The number of nitriles is 1. The number of anilines is 1. The largest absolute Gasteiger partial charge is 0.358 e. The van der Waals surface area contributed by atoms with Crippen LogP contribution in [0, 0.1) is 11.3 Å². The predicted octanol–water partition coefficient (Wildman–Crippen LogP) is 3.20. The molecule has 0 saturated heterocycles. The van der Waals surface area contributed by atoms with E-state index in [2.05, 4.69) is 21.4 Å². The van der Waals surface area contributed by atoms with Crippen LogP contribution in [-0.4, -0.2) is 21.4 Å². The Balaban J connectivity index is 2.14. The summed E-state index contributed by atoms with van der Waals surface area (Å²) in [7, 11) is 1.69. The molecule has 3 heterocycles. The fraction of sp³-hybridized carbons (Fsp3) is 0.222. The van der Waals surface area contributed by atoms with Gasteiger partial charge in [0.1, 0.15) is 11.2 Å². The Morgan fingerprint density at radius 3 is 2.88 bits per heavy atom. The Labute approximate surface area is 148 Å². The molecule has 1 aliphatic carbocycles. The molecule has 1 N–H and O–H groups in total. The highest BCUT2D eigenvalue weighted by molar-refractivity contribution is 6.32. The van der Waals surface area contributed by atoms with Crippen LogP contribution >= 0.6 is 11.6 Å². The quantitative estimate of drug-likeness (QED) is 0.732. The van der Waals surface area contributed by atoms with Gasteiger partial charge in [0.05, 0.1) is 16.6 Å². The molecule has 25 heavy (non-hydrogen) atoms. The zero-order valence-electron chi connectivity index (χ0n) is 13.5. The van der Waals surface area contributed by atoms with Gasteiger partial charge in [-0.25, -0.2) is 4.98 Å². The van der Waals surface area contributed by atoms with E-state index in [1.807, 2.05) is 6.07 Å². The lowest BCUT2D eigenvalue weighted by atomic mass is 10.0. The van der Waals surface area contributed by atoms with E-state index in [9.17, 15) is 10.1 Å². The van der Waals surface area contributed by atoms with Crippen molar-refractivity contribution in [2.24, 2.45) is 0 Å². The molecule has 1 saturated carbocycles. The summed E-state index contributed by atoms with van der Waals surface area (Å²) in [4.78, 5) is 20.9. The number of pyridine rings is 2. The minimum atomic E-state index is -0.384. The van der Waals surface area contributed by atoms with Gasteiger partial charge in [-0.05, 0) is 42.5 Å². The molecule has 0 bridgehead atoms. The highest BCUT2D eigenvalue weighted by Crippen LogP contribution is 2.42. The summed E-state index contributed by atoms with van der Waals surface area (Å²) in [5, 5.41) is 12.7. The van der Waals surface area contributed by atoms with Crippen molar-refractivity contribution in [3.8, 4) is 17.2 Å². The smallest absolute Gasteiger partial charge is 0.283 e. The van der Waals surface area contributed by atoms with Gasteiger partial charge >= 0.3 is 0 Å². The first kappa shape index (κ1) is 15.6. The molecule has 1 aliphatic rings. The van der Waals surface area contributed by atoms with Crippen LogP contribution in [0.15, 0.2) is 35.4 Å². The number of rotatable bonds is 3. The molecule has 0 aromatic carbocycles. The van der Waals surface area contributed by atoms with Gasteiger partial charge in [0.25, 0.3) is 5.56 Å². The second-order valence-corrected chi connectivity index (χ2v) is 6.35. The topological polar surface area (TPSA) is 83.1 Å². The lowest BCUT2D eigenvalue weighted by Crippen LogP contribution is -2.17. The molecule has 0 unspecified atom stereocenters. The lowest BCUT2D eigenvalue weighted by molar-refractivity contribution is 1.02. The molecule has 0 radical (unpaired) electrons. The first-order chi connectivity index (χ1) is 12.1. The third-order valence-electron chi connectivity index (χ3n) is 4.42. The van der Waals surface area contributed by atoms with Crippen molar-refractivity contribution in [1.82, 2.24) is 14.4 Å². The minimum Gasteiger partial charge on any atom is -0.358 e. The van der Waals surface area contributed by atoms with E-state index in [1.165, 1.54) is 0 Å². The first-order valence-corrected chi connectivity index (χ1v) is 8.31. The zero-order valence-corrected chi connectivity index (χ0v) is 14.2. The zero-order chi connectivity index (χ0) is 17.6. The second kappa shape index (κ2) is 5.87. The molecule has 4 rings (SSSR count). The maximum Gasteiger partial charge on any atom is 0.283 e. The van der Waals surface area contributed by atoms with Crippen molar-refractivity contribution in [3.05, 3.63) is 57.2 Å². The van der Waals surface area contributed by atoms with E-state index < -0.39 is 0 Å². The number of hydrogen-bond donors (Lipinski definition) is 1. The van der Waals surface area contributed by atoms with Crippen molar-refractivity contribution < 1.29 is 0 Å². The summed E-state index contributed by atoms with van der Waals surface area (Å²) in [5.41, 5.74) is 2.78. The minimum absolute atomic E-state index is 0.248. The fourth-order valence-corrected chi connectivity index (χ4v) is 3.29. The lowest BCUT2D eigenvalue weighted by Gasteiger charge is -2.14. The predicted molar refractivity (Wildman–Crippen MR) is 95.9 cm³/mol. The number of fused-ring (bicyclic) bond motifs is 1. The van der Waals surface area contributed by atoms with Gasteiger partial charge in [0.2, 0.25) is 5.95 Å². The molecule has 6 nitrogen and oxygen atoms in total. The van der Waals surface area contributed by atoms with E-state index in [1.54, 1.807) is 36.0 Å². The molecule has 0 atom stereocenters. The summed E-state index contributed by atoms with van der Waals surface area (Å²) in [6.45, 7) is 0. The summed E-state index contributed by atoms with van der Waals surface area (Å²) < 4.78 is 1.73. The van der Waals surface area contributed by atoms with Crippen molar-refractivity contribution in [2.75, 3.05) is 12.4 Å². The van der Waals surface area contributed by atoms with Crippen molar-refractivity contribution in [2.45, 2.75) is 18.8 Å². The Morgan fingerprint density at radius 2 is 2.24 bits per heavy atom. The van der Waals surface area contributed by atoms with Crippen molar-refractivity contribution in [1.29, 1.82) is 5.26 Å². The molecule has 0 spiro atoms. The maximum absolute atomic E-state index is 12.7. The van der Waals surface area contributed by atoms with Gasteiger partial charge in [-0.1, -0.05) is 11.6 Å². The molecule has 1 fully saturated rings. The van der Waals surface area contributed by atoms with Gasteiger partial charge < -0.3 is 5.32 Å². The normalized spacial score (nSPS) is 13.6. The number of halogens is 1. The maximum atomic E-state index is 12.7. The number of nitrogens with one attached hydrogen (secondary N) is 1. The van der Waals surface area contributed by atoms with Crippen LogP contribution < -0.4 is 10.9 Å². The van der Waals surface area contributed by atoms with Crippen LogP contribution in [0.4, 0.5) is 5.95 Å². The summed E-state index contributed by atoms with van der Waals surface area (Å²) in [6, 6.07) is 7.65. The van der Waals surface area contributed by atoms with Gasteiger partial charge in [-0.2, -0.15) is 10.2 Å². The second-order valence-electron chi connectivity index (χ2n) is 5.99. The molecule has 7 heteroatoms. The third-order valence-corrected chi connectivity index (χ3v) is 4.72. The summed E-state index contributed by atoms with van der Waals surface area (Å²) in [5.74, 6) is 0.751. The standard InChI is InChI=1S/C18H14ClN5O/c1-21-18-23-17(25)15(12-3-2-6-22-16(12)19)14-7-13(10-4-5-10)11(8-20)9-24(14)18/h2-3,6-7,9-10H,4-5H2,1H3,(H,21,23,25). The number of nitrogens with zero attached hydrogens (tertiary/aromatic N) is 4. The highest BCUT2D eigenvalue weighted by Gasteiger charge is 2.28. The summed E-state index contributed by atoms with van der Waals surface area (Å²) >= 11 is 6.22. The van der Waals surface area contributed by atoms with E-state index in [0.717, 1.165) is 18.4 Å². The number of aromatic nitrogens is 3. The molecule has 3 aromatic rings. The summed E-state index contributed by atoms with van der Waals surface area (Å²) in [6.07, 6.45) is 5.42. The Hall–Kier alpha value is -2.91. The van der Waals surface area contributed by atoms with Crippen LogP contribution in [-0.2, 0) is 0 Å². The molecule has 124 valence electrons. The fourth-order valence-electron chi connectivity index (χ4n) is 3.08. The SMILES string of the molecule is CNc1nc(=O)c(-c2cccnc2Cl)c2cc(C3CC3)c(C#N)cn12. The molecule has 0 amide bonds. The van der Waals surface area contributed by atoms with Crippen LogP contribution in [0.2, 0.25) is 5.15 Å². The van der Waals surface area contributed by atoms with Crippen LogP contribution in [0.25, 0.3) is 16.6 Å². The van der Waals surface area contributed by atoms with Gasteiger partial charge in [-0.3, -0.25) is 9.20 Å². The van der Waals surface area contributed by atoms with Crippen LogP contribution in [0.5, 0.6) is 0 Å². The van der Waals surface area contributed by atoms with Gasteiger partial charge in [0.15, 0.2) is 0 Å².